The van der Waals surface area contributed by atoms with Crippen LogP contribution in [0.3, 0.4) is 0 Å². The van der Waals surface area contributed by atoms with E-state index in [2.05, 4.69) is 15.4 Å². The Labute approximate surface area is 119 Å². The molecular weight excluding hydrogens is 278 g/mol. The van der Waals surface area contributed by atoms with Crippen molar-refractivity contribution < 1.29 is 13.2 Å². The van der Waals surface area contributed by atoms with Gasteiger partial charge in [-0.15, -0.1) is 0 Å². The molecule has 6 nitrogen and oxygen atoms in total. The van der Waals surface area contributed by atoms with E-state index in [1.54, 1.807) is 24.3 Å². The van der Waals surface area contributed by atoms with Crippen LogP contribution in [-0.4, -0.2) is 33.5 Å². The summed E-state index contributed by atoms with van der Waals surface area (Å²) in [5.74, 6) is -0.108. The van der Waals surface area contributed by atoms with E-state index in [1.165, 1.54) is 6.92 Å². The van der Waals surface area contributed by atoms with Crippen LogP contribution in [0.2, 0.25) is 0 Å². The lowest BCUT2D eigenvalue weighted by atomic mass is 10.3. The van der Waals surface area contributed by atoms with Crippen LogP contribution in [0.4, 0.5) is 5.69 Å². The predicted molar refractivity (Wildman–Crippen MR) is 77.0 cm³/mol. The number of carbonyl (C=O) groups is 1. The van der Waals surface area contributed by atoms with Gasteiger partial charge in [-0.25, -0.2) is 13.1 Å². The zero-order valence-corrected chi connectivity index (χ0v) is 12.2. The number of benzene rings is 1. The first-order valence-electron chi connectivity index (χ1n) is 6.59. The summed E-state index contributed by atoms with van der Waals surface area (Å²) in [6.45, 7) is 2.35. The molecule has 0 unspecified atom stereocenters. The molecule has 20 heavy (non-hydrogen) atoms. The Bertz CT molecular complexity index is 582. The molecule has 7 heteroatoms. The average molecular weight is 297 g/mol. The number of nitrogens with one attached hydrogen (secondary N) is 3. The molecular formula is C13H19N3O3S. The van der Waals surface area contributed by atoms with Crippen molar-refractivity contribution in [2.75, 3.05) is 18.4 Å². The number of rotatable bonds is 7. The van der Waals surface area contributed by atoms with E-state index in [1.807, 2.05) is 0 Å². The number of sulfonamides is 1. The lowest BCUT2D eigenvalue weighted by molar-refractivity contribution is -0.118. The van der Waals surface area contributed by atoms with Gasteiger partial charge in [-0.05, 0) is 25.0 Å². The first kappa shape index (κ1) is 14.8. The Morgan fingerprint density at radius 3 is 2.60 bits per heavy atom. The van der Waals surface area contributed by atoms with Gasteiger partial charge in [-0.1, -0.05) is 12.1 Å². The number of carbonyl (C=O) groups excluding carboxylic acids is 1. The molecule has 0 aromatic heterocycles. The molecule has 1 aliphatic rings. The molecule has 0 radical (unpaired) electrons. The zero-order valence-electron chi connectivity index (χ0n) is 11.3. The normalized spacial score (nSPS) is 14.8. The molecule has 0 spiro atoms. The van der Waals surface area contributed by atoms with Crippen LogP contribution in [0.5, 0.6) is 0 Å². The highest BCUT2D eigenvalue weighted by Gasteiger charge is 2.29. The molecule has 0 bridgehead atoms. The Kier molecular flexibility index (Phi) is 4.61. The van der Waals surface area contributed by atoms with Crippen LogP contribution in [0.25, 0.3) is 0 Å². The maximum absolute atomic E-state index is 12.2. The van der Waals surface area contributed by atoms with E-state index in [4.69, 9.17) is 0 Å². The highest BCUT2D eigenvalue weighted by atomic mass is 32.2. The molecule has 0 heterocycles. The van der Waals surface area contributed by atoms with E-state index in [0.29, 0.717) is 18.8 Å². The molecule has 3 N–H and O–H groups in total. The number of hydrogen-bond acceptors (Lipinski definition) is 4. The largest absolute Gasteiger partial charge is 0.382 e. The quantitative estimate of drug-likeness (QED) is 0.646. The molecule has 1 saturated carbocycles. The van der Waals surface area contributed by atoms with Gasteiger partial charge in [0.25, 0.3) is 0 Å². The number of anilines is 1. The van der Waals surface area contributed by atoms with Gasteiger partial charge in [0.1, 0.15) is 4.90 Å². The van der Waals surface area contributed by atoms with Crippen LogP contribution >= 0.6 is 0 Å². The zero-order chi connectivity index (χ0) is 14.6. The third kappa shape index (κ3) is 4.21. The first-order valence-corrected chi connectivity index (χ1v) is 8.07. The molecule has 1 fully saturated rings. The Hall–Kier alpha value is -1.60. The Morgan fingerprint density at radius 1 is 1.25 bits per heavy atom. The van der Waals surface area contributed by atoms with Crippen molar-refractivity contribution >= 4 is 21.6 Å². The van der Waals surface area contributed by atoms with Crippen molar-refractivity contribution in [3.63, 3.8) is 0 Å². The molecule has 1 amide bonds. The molecule has 110 valence electrons. The molecule has 0 atom stereocenters. The minimum Gasteiger partial charge on any atom is -0.382 e. The maximum atomic E-state index is 12.2. The van der Waals surface area contributed by atoms with Crippen molar-refractivity contribution in [1.82, 2.24) is 10.0 Å². The fourth-order valence-corrected chi connectivity index (χ4v) is 3.26. The summed E-state index contributed by atoms with van der Waals surface area (Å²) in [5, 5.41) is 5.68. The number of hydrogen-bond donors (Lipinski definition) is 3. The summed E-state index contributed by atoms with van der Waals surface area (Å²) in [6.07, 6.45) is 1.80. The smallest absolute Gasteiger partial charge is 0.242 e. The lowest BCUT2D eigenvalue weighted by Crippen LogP contribution is -2.28. The van der Waals surface area contributed by atoms with E-state index >= 15 is 0 Å². The Morgan fingerprint density at radius 2 is 1.95 bits per heavy atom. The minimum absolute atomic E-state index is 0.0763. The summed E-state index contributed by atoms with van der Waals surface area (Å²) in [6, 6.07) is 6.84. The van der Waals surface area contributed by atoms with Crippen molar-refractivity contribution in [1.29, 1.82) is 0 Å². The van der Waals surface area contributed by atoms with E-state index in [0.717, 1.165) is 12.8 Å². The van der Waals surface area contributed by atoms with Crippen LogP contribution in [-0.2, 0) is 14.8 Å². The van der Waals surface area contributed by atoms with E-state index in [-0.39, 0.29) is 16.8 Å². The van der Waals surface area contributed by atoms with Crippen molar-refractivity contribution in [2.24, 2.45) is 0 Å². The van der Waals surface area contributed by atoms with Gasteiger partial charge in [0.05, 0.1) is 5.69 Å². The fourth-order valence-electron chi connectivity index (χ4n) is 1.77. The third-order valence-corrected chi connectivity index (χ3v) is 4.47. The SMILES string of the molecule is CC(=O)NCCNc1ccccc1S(=O)(=O)NC1CC1. The molecule has 1 aliphatic carbocycles. The molecule has 1 aromatic rings. The molecule has 0 saturated heterocycles. The summed E-state index contributed by atoms with van der Waals surface area (Å²) in [5.41, 5.74) is 0.547. The number of amides is 1. The highest BCUT2D eigenvalue weighted by molar-refractivity contribution is 7.89. The van der Waals surface area contributed by atoms with Crippen molar-refractivity contribution in [3.8, 4) is 0 Å². The van der Waals surface area contributed by atoms with Gasteiger partial charge in [-0.2, -0.15) is 0 Å². The summed E-state index contributed by atoms with van der Waals surface area (Å²) >= 11 is 0. The lowest BCUT2D eigenvalue weighted by Gasteiger charge is -2.13. The van der Waals surface area contributed by atoms with Gasteiger partial charge >= 0.3 is 0 Å². The van der Waals surface area contributed by atoms with Gasteiger partial charge in [0.15, 0.2) is 0 Å². The van der Waals surface area contributed by atoms with Crippen LogP contribution in [0.1, 0.15) is 19.8 Å². The summed E-state index contributed by atoms with van der Waals surface area (Å²) < 4.78 is 27.1. The standard InChI is InChI=1S/C13H19N3O3S/c1-10(17)14-8-9-15-12-4-2-3-5-13(12)20(18,19)16-11-6-7-11/h2-5,11,15-16H,6-9H2,1H3,(H,14,17). The second kappa shape index (κ2) is 6.23. The second-order valence-corrected chi connectivity index (χ2v) is 6.48. The first-order chi connectivity index (χ1) is 9.49. The molecule has 2 rings (SSSR count). The summed E-state index contributed by atoms with van der Waals surface area (Å²) in [4.78, 5) is 11.0. The van der Waals surface area contributed by atoms with Crippen LogP contribution in [0, 0.1) is 0 Å². The van der Waals surface area contributed by atoms with Gasteiger partial charge in [0, 0.05) is 26.1 Å². The van der Waals surface area contributed by atoms with Crippen molar-refractivity contribution in [3.05, 3.63) is 24.3 Å². The molecule has 1 aromatic carbocycles. The Balaban J connectivity index is 2.03. The second-order valence-electron chi connectivity index (χ2n) is 4.80. The van der Waals surface area contributed by atoms with Gasteiger partial charge in [-0.3, -0.25) is 4.79 Å². The van der Waals surface area contributed by atoms with E-state index in [9.17, 15) is 13.2 Å². The monoisotopic (exact) mass is 297 g/mol. The highest BCUT2D eigenvalue weighted by Crippen LogP contribution is 2.25. The maximum Gasteiger partial charge on any atom is 0.242 e. The van der Waals surface area contributed by atoms with Crippen LogP contribution in [0.15, 0.2) is 29.2 Å². The van der Waals surface area contributed by atoms with Gasteiger partial charge in [0.2, 0.25) is 15.9 Å². The fraction of sp³-hybridized carbons (Fsp3) is 0.462. The predicted octanol–water partition coefficient (Wildman–Crippen LogP) is 0.675. The number of para-hydroxylation sites is 1. The van der Waals surface area contributed by atoms with E-state index < -0.39 is 10.0 Å². The minimum atomic E-state index is -3.48. The molecule has 0 aliphatic heterocycles. The van der Waals surface area contributed by atoms with Gasteiger partial charge < -0.3 is 10.6 Å². The van der Waals surface area contributed by atoms with Crippen LogP contribution < -0.4 is 15.4 Å². The summed E-state index contributed by atoms with van der Waals surface area (Å²) in [7, 11) is -3.48. The van der Waals surface area contributed by atoms with Crippen molar-refractivity contribution in [2.45, 2.75) is 30.7 Å². The third-order valence-electron chi connectivity index (χ3n) is 2.89. The topological polar surface area (TPSA) is 87.3 Å². The average Bonchev–Trinajstić information content (AvgIpc) is 3.18.